The fourth-order valence-corrected chi connectivity index (χ4v) is 2.24. The molecule has 0 bridgehead atoms. The van der Waals surface area contributed by atoms with Crippen molar-refractivity contribution >= 4 is 0 Å². The van der Waals surface area contributed by atoms with Gasteiger partial charge in [-0.1, -0.05) is 76.6 Å². The van der Waals surface area contributed by atoms with Crippen molar-refractivity contribution in [3.63, 3.8) is 0 Å². The van der Waals surface area contributed by atoms with Gasteiger partial charge in [0.25, 0.3) is 0 Å². The van der Waals surface area contributed by atoms with E-state index in [1.807, 2.05) is 7.05 Å². The van der Waals surface area contributed by atoms with Crippen molar-refractivity contribution in [2.75, 3.05) is 13.6 Å². The van der Waals surface area contributed by atoms with E-state index in [2.05, 4.69) is 69.9 Å². The third-order valence-electron chi connectivity index (χ3n) is 3.62. The van der Waals surface area contributed by atoms with Gasteiger partial charge in [-0.25, -0.2) is 0 Å². The molecule has 0 aromatic heterocycles. The Morgan fingerprint density at radius 3 is 2.19 bits per heavy atom. The van der Waals surface area contributed by atoms with Crippen LogP contribution < -0.4 is 5.32 Å². The van der Waals surface area contributed by atoms with Crippen molar-refractivity contribution < 1.29 is 0 Å². The molecule has 0 spiro atoms. The maximum Gasteiger partial charge on any atom is -0.00147 e. The van der Waals surface area contributed by atoms with Crippen LogP contribution in [0.15, 0.2) is 42.5 Å². The van der Waals surface area contributed by atoms with Gasteiger partial charge in [0.1, 0.15) is 0 Å². The summed E-state index contributed by atoms with van der Waals surface area (Å²) in [6.07, 6.45) is 5.94. The molecule has 0 atom stereocenters. The summed E-state index contributed by atoms with van der Waals surface area (Å²) in [7, 11) is 1.99. The van der Waals surface area contributed by atoms with Crippen LogP contribution in [0.3, 0.4) is 0 Å². The van der Waals surface area contributed by atoms with E-state index in [0.717, 1.165) is 19.4 Å². The van der Waals surface area contributed by atoms with Crippen molar-refractivity contribution in [1.29, 1.82) is 0 Å². The molecule has 0 saturated carbocycles. The number of hydrogen-bond donors (Lipinski definition) is 1. The molecular formula is C20H35N. The maximum absolute atomic E-state index is 4.14. The first kappa shape index (κ1) is 19.9. The zero-order chi connectivity index (χ0) is 16.1. The molecule has 21 heavy (non-hydrogen) atoms. The topological polar surface area (TPSA) is 12.0 Å². The Kier molecular flexibility index (Phi) is 11.0. The van der Waals surface area contributed by atoms with Crippen LogP contribution in [0, 0.1) is 0 Å². The molecule has 120 valence electrons. The van der Waals surface area contributed by atoms with E-state index in [-0.39, 0.29) is 5.41 Å². The average Bonchev–Trinajstić information content (AvgIpc) is 2.47. The van der Waals surface area contributed by atoms with Gasteiger partial charge in [0, 0.05) is 0 Å². The molecule has 1 nitrogen and oxygen atoms in total. The maximum atomic E-state index is 4.14. The standard InChI is InChI=1S/C17H27N.C3H8/c1-15(12-14-18-4)9-8-13-17(2,3)16-10-6-5-7-11-16;1-3-2/h5-7,10-11,18H,1,8-9,12-14H2,2-4H3;3H2,1-2H3. The third kappa shape index (κ3) is 9.47. The Morgan fingerprint density at radius 2 is 1.67 bits per heavy atom. The van der Waals surface area contributed by atoms with Gasteiger partial charge >= 0.3 is 0 Å². The van der Waals surface area contributed by atoms with Crippen LogP contribution in [-0.2, 0) is 5.41 Å². The summed E-state index contributed by atoms with van der Waals surface area (Å²) in [5.74, 6) is 0. The minimum absolute atomic E-state index is 0.268. The molecule has 1 aromatic carbocycles. The van der Waals surface area contributed by atoms with Crippen LogP contribution in [0.2, 0.25) is 0 Å². The quantitative estimate of drug-likeness (QED) is 0.604. The molecule has 1 aromatic rings. The molecule has 0 amide bonds. The molecule has 1 heteroatoms. The number of hydrogen-bond acceptors (Lipinski definition) is 1. The van der Waals surface area contributed by atoms with Gasteiger partial charge < -0.3 is 5.32 Å². The van der Waals surface area contributed by atoms with Crippen LogP contribution in [0.25, 0.3) is 0 Å². The summed E-state index contributed by atoms with van der Waals surface area (Å²) in [4.78, 5) is 0. The van der Waals surface area contributed by atoms with E-state index in [0.29, 0.717) is 0 Å². The first-order valence-electron chi connectivity index (χ1n) is 8.34. The first-order valence-corrected chi connectivity index (χ1v) is 8.34. The van der Waals surface area contributed by atoms with E-state index < -0.39 is 0 Å². The van der Waals surface area contributed by atoms with Gasteiger partial charge in [-0.15, -0.1) is 0 Å². The smallest absolute Gasteiger partial charge is 0.00147 e. The average molecular weight is 290 g/mol. The Balaban J connectivity index is 0.00000122. The molecule has 0 fully saturated rings. The van der Waals surface area contributed by atoms with Crippen molar-refractivity contribution in [3.05, 3.63) is 48.0 Å². The van der Waals surface area contributed by atoms with E-state index in [4.69, 9.17) is 0 Å². The van der Waals surface area contributed by atoms with Crippen molar-refractivity contribution in [2.24, 2.45) is 0 Å². The van der Waals surface area contributed by atoms with E-state index in [1.54, 1.807) is 0 Å². The number of nitrogens with one attached hydrogen (secondary N) is 1. The van der Waals surface area contributed by atoms with Gasteiger partial charge in [0.05, 0.1) is 0 Å². The highest BCUT2D eigenvalue weighted by Crippen LogP contribution is 2.29. The van der Waals surface area contributed by atoms with Crippen molar-refractivity contribution in [2.45, 2.75) is 65.2 Å². The van der Waals surface area contributed by atoms with Crippen LogP contribution in [-0.4, -0.2) is 13.6 Å². The molecule has 0 radical (unpaired) electrons. The zero-order valence-corrected chi connectivity index (χ0v) is 14.8. The second-order valence-corrected chi connectivity index (χ2v) is 6.41. The van der Waals surface area contributed by atoms with E-state index >= 15 is 0 Å². The molecule has 0 heterocycles. The highest BCUT2D eigenvalue weighted by Gasteiger charge is 2.19. The molecule has 1 N–H and O–H groups in total. The summed E-state index contributed by atoms with van der Waals surface area (Å²) in [5.41, 5.74) is 3.07. The molecule has 0 saturated heterocycles. The summed E-state index contributed by atoms with van der Waals surface area (Å²) in [6, 6.07) is 10.8. The highest BCUT2D eigenvalue weighted by molar-refractivity contribution is 5.23. The fourth-order valence-electron chi connectivity index (χ4n) is 2.24. The van der Waals surface area contributed by atoms with Gasteiger partial charge in [0.15, 0.2) is 0 Å². The van der Waals surface area contributed by atoms with Gasteiger partial charge in [-0.05, 0) is 50.3 Å². The minimum Gasteiger partial charge on any atom is -0.319 e. The van der Waals surface area contributed by atoms with Crippen LogP contribution in [0.4, 0.5) is 0 Å². The van der Waals surface area contributed by atoms with Crippen LogP contribution in [0.1, 0.15) is 65.4 Å². The lowest BCUT2D eigenvalue weighted by Gasteiger charge is -2.25. The van der Waals surface area contributed by atoms with E-state index in [9.17, 15) is 0 Å². The number of rotatable bonds is 8. The molecule has 0 aliphatic carbocycles. The Hall–Kier alpha value is -1.08. The monoisotopic (exact) mass is 289 g/mol. The van der Waals surface area contributed by atoms with Crippen LogP contribution in [0.5, 0.6) is 0 Å². The normalized spacial score (nSPS) is 10.7. The Bertz CT molecular complexity index is 365. The highest BCUT2D eigenvalue weighted by atomic mass is 14.8. The number of benzene rings is 1. The molecule has 0 unspecified atom stereocenters. The van der Waals surface area contributed by atoms with Gasteiger partial charge in [-0.2, -0.15) is 0 Å². The SMILES string of the molecule is C=C(CCCC(C)(C)c1ccccc1)CCNC.CCC. The molecular weight excluding hydrogens is 254 g/mol. The zero-order valence-electron chi connectivity index (χ0n) is 14.8. The third-order valence-corrected chi connectivity index (χ3v) is 3.62. The summed E-state index contributed by atoms with van der Waals surface area (Å²) < 4.78 is 0. The van der Waals surface area contributed by atoms with Crippen molar-refractivity contribution in [1.82, 2.24) is 5.32 Å². The predicted octanol–water partition coefficient (Wildman–Crippen LogP) is 5.72. The van der Waals surface area contributed by atoms with Crippen LogP contribution >= 0.6 is 0 Å². The lowest BCUT2D eigenvalue weighted by Crippen LogP contribution is -2.17. The summed E-state index contributed by atoms with van der Waals surface area (Å²) in [5, 5.41) is 3.17. The largest absolute Gasteiger partial charge is 0.319 e. The fraction of sp³-hybridized carbons (Fsp3) is 0.600. The molecule has 0 aliphatic heterocycles. The van der Waals surface area contributed by atoms with Gasteiger partial charge in [-0.3, -0.25) is 0 Å². The second-order valence-electron chi connectivity index (χ2n) is 6.41. The molecule has 0 aliphatic rings. The lowest BCUT2D eigenvalue weighted by atomic mass is 9.80. The van der Waals surface area contributed by atoms with E-state index in [1.165, 1.54) is 30.4 Å². The summed E-state index contributed by atoms with van der Waals surface area (Å²) in [6.45, 7) is 14.1. The Labute approximate surface area is 132 Å². The molecule has 1 rings (SSSR count). The lowest BCUT2D eigenvalue weighted by molar-refractivity contribution is 0.459. The first-order chi connectivity index (χ1) is 9.97. The van der Waals surface area contributed by atoms with Crippen molar-refractivity contribution in [3.8, 4) is 0 Å². The predicted molar refractivity (Wildman–Crippen MR) is 97.0 cm³/mol. The Morgan fingerprint density at radius 1 is 1.10 bits per heavy atom. The minimum atomic E-state index is 0.268. The summed E-state index contributed by atoms with van der Waals surface area (Å²) >= 11 is 0. The second kappa shape index (κ2) is 11.6. The van der Waals surface area contributed by atoms with Gasteiger partial charge in [0.2, 0.25) is 0 Å².